The molecule has 0 unspecified atom stereocenters. The summed E-state index contributed by atoms with van der Waals surface area (Å²) in [6.45, 7) is 0. The maximum absolute atomic E-state index is 11.7. The van der Waals surface area contributed by atoms with Crippen molar-refractivity contribution in [1.82, 2.24) is 10.3 Å². The fraction of sp³-hybridized carbons (Fsp3) is 0. The van der Waals surface area contributed by atoms with Crippen molar-refractivity contribution < 1.29 is 4.79 Å². The minimum absolute atomic E-state index is 0.201. The Labute approximate surface area is 136 Å². The first kappa shape index (κ1) is 15.3. The predicted molar refractivity (Wildman–Crippen MR) is 91.8 cm³/mol. The zero-order valence-electron chi connectivity index (χ0n) is 10.9. The largest absolute Gasteiger partial charge is 0.317 e. The highest BCUT2D eigenvalue weighted by molar-refractivity contribution is 9.10. The van der Waals surface area contributed by atoms with Gasteiger partial charge in [0.25, 0.3) is 0 Å². The number of anilines is 1. The highest BCUT2D eigenvalue weighted by atomic mass is 79.9. The Morgan fingerprint density at radius 2 is 1.95 bits per heavy atom. The number of nitrogens with one attached hydrogen (secondary N) is 2. The Hall–Kier alpha value is -2.05. The lowest BCUT2D eigenvalue weighted by molar-refractivity contribution is -0.115. The first-order valence-electron chi connectivity index (χ1n) is 6.10. The topological polar surface area (TPSA) is 54.0 Å². The Morgan fingerprint density at radius 3 is 2.62 bits per heavy atom. The van der Waals surface area contributed by atoms with Crippen LogP contribution in [0, 0.1) is 0 Å². The number of carbonyl (C=O) groups is 1. The highest BCUT2D eigenvalue weighted by Gasteiger charge is 2.02. The molecule has 1 aromatic heterocycles. The molecule has 21 heavy (non-hydrogen) atoms. The van der Waals surface area contributed by atoms with E-state index >= 15 is 0 Å². The molecule has 0 atom stereocenters. The molecular weight excluding hydrogens is 350 g/mol. The zero-order chi connectivity index (χ0) is 15.1. The highest BCUT2D eigenvalue weighted by Crippen LogP contribution is 2.10. The van der Waals surface area contributed by atoms with Gasteiger partial charge < -0.3 is 5.32 Å². The SMILES string of the molecule is O=C(C=Cc1ccccc1)NC(=S)Nc1ccc(Br)cn1. The van der Waals surface area contributed by atoms with E-state index < -0.39 is 0 Å². The average Bonchev–Trinajstić information content (AvgIpc) is 2.48. The third-order valence-corrected chi connectivity index (χ3v) is 3.11. The second-order valence-electron chi connectivity index (χ2n) is 4.05. The standard InChI is InChI=1S/C15H12BrN3OS/c16-12-7-8-13(17-10-12)18-15(21)19-14(20)9-6-11-4-2-1-3-5-11/h1-10H,(H2,17,18,19,20,21). The van der Waals surface area contributed by atoms with Crippen LogP contribution in [0.15, 0.2) is 59.2 Å². The van der Waals surface area contributed by atoms with Crippen LogP contribution < -0.4 is 10.6 Å². The second kappa shape index (κ2) is 7.66. The van der Waals surface area contributed by atoms with E-state index in [1.165, 1.54) is 6.08 Å². The van der Waals surface area contributed by atoms with E-state index in [9.17, 15) is 4.79 Å². The Morgan fingerprint density at radius 1 is 1.19 bits per heavy atom. The zero-order valence-corrected chi connectivity index (χ0v) is 13.3. The van der Waals surface area contributed by atoms with Gasteiger partial charge in [0.1, 0.15) is 5.82 Å². The lowest BCUT2D eigenvalue weighted by atomic mass is 10.2. The van der Waals surface area contributed by atoms with Gasteiger partial charge in [0.15, 0.2) is 5.11 Å². The number of benzene rings is 1. The molecule has 1 heterocycles. The number of amides is 1. The van der Waals surface area contributed by atoms with E-state index in [4.69, 9.17) is 12.2 Å². The molecule has 0 fully saturated rings. The molecule has 0 spiro atoms. The van der Waals surface area contributed by atoms with Gasteiger partial charge in [-0.3, -0.25) is 10.1 Å². The van der Waals surface area contributed by atoms with Crippen LogP contribution in [-0.2, 0) is 4.79 Å². The van der Waals surface area contributed by atoms with Crippen LogP contribution in [0.4, 0.5) is 5.82 Å². The molecule has 2 aromatic rings. The number of hydrogen-bond donors (Lipinski definition) is 2. The summed E-state index contributed by atoms with van der Waals surface area (Å²) < 4.78 is 0.869. The van der Waals surface area contributed by atoms with Gasteiger partial charge in [0, 0.05) is 16.7 Å². The van der Waals surface area contributed by atoms with Crippen LogP contribution >= 0.6 is 28.1 Å². The van der Waals surface area contributed by atoms with E-state index in [-0.39, 0.29) is 11.0 Å². The van der Waals surface area contributed by atoms with E-state index in [1.807, 2.05) is 36.4 Å². The summed E-state index contributed by atoms with van der Waals surface area (Å²) in [5.41, 5.74) is 0.945. The third kappa shape index (κ3) is 5.45. The van der Waals surface area contributed by atoms with Crippen LogP contribution in [0.25, 0.3) is 6.08 Å². The van der Waals surface area contributed by atoms with Gasteiger partial charge in [-0.15, -0.1) is 0 Å². The van der Waals surface area contributed by atoms with Crippen molar-refractivity contribution in [1.29, 1.82) is 0 Å². The molecule has 0 radical (unpaired) electrons. The monoisotopic (exact) mass is 361 g/mol. The molecule has 6 heteroatoms. The summed E-state index contributed by atoms with van der Waals surface area (Å²) in [5.74, 6) is 0.268. The normalized spacial score (nSPS) is 10.3. The minimum atomic E-state index is -0.298. The molecule has 2 rings (SSSR count). The summed E-state index contributed by atoms with van der Waals surface area (Å²) in [6, 6.07) is 13.1. The summed E-state index contributed by atoms with van der Waals surface area (Å²) in [6.07, 6.45) is 4.79. The molecule has 0 saturated heterocycles. The fourth-order valence-corrected chi connectivity index (χ4v) is 1.93. The van der Waals surface area contributed by atoms with E-state index in [0.717, 1.165) is 10.0 Å². The minimum Gasteiger partial charge on any atom is -0.317 e. The molecule has 0 saturated carbocycles. The number of thiocarbonyl (C=S) groups is 1. The molecule has 2 N–H and O–H groups in total. The van der Waals surface area contributed by atoms with Crippen molar-refractivity contribution in [2.75, 3.05) is 5.32 Å². The van der Waals surface area contributed by atoms with Crippen LogP contribution in [0.3, 0.4) is 0 Å². The number of carbonyl (C=O) groups excluding carboxylic acids is 1. The van der Waals surface area contributed by atoms with Crippen molar-refractivity contribution in [2.45, 2.75) is 0 Å². The molecule has 0 aliphatic heterocycles. The molecule has 0 aliphatic rings. The van der Waals surface area contributed by atoms with Gasteiger partial charge in [-0.05, 0) is 51.9 Å². The molecule has 1 amide bonds. The molecule has 106 valence electrons. The Balaban J connectivity index is 1.86. The number of aromatic nitrogens is 1. The quantitative estimate of drug-likeness (QED) is 0.649. The van der Waals surface area contributed by atoms with Crippen LogP contribution in [0.5, 0.6) is 0 Å². The number of halogens is 1. The molecular formula is C15H12BrN3OS. The average molecular weight is 362 g/mol. The van der Waals surface area contributed by atoms with Crippen molar-refractivity contribution in [3.63, 3.8) is 0 Å². The predicted octanol–water partition coefficient (Wildman–Crippen LogP) is 3.37. The first-order chi connectivity index (χ1) is 10.1. The smallest absolute Gasteiger partial charge is 0.250 e. The number of nitrogens with zero attached hydrogens (tertiary/aromatic N) is 1. The summed E-state index contributed by atoms with van der Waals surface area (Å²) >= 11 is 8.34. The van der Waals surface area contributed by atoms with Gasteiger partial charge in [0.05, 0.1) is 0 Å². The lowest BCUT2D eigenvalue weighted by Crippen LogP contribution is -2.33. The summed E-state index contributed by atoms with van der Waals surface area (Å²) in [5, 5.41) is 5.59. The number of hydrogen-bond acceptors (Lipinski definition) is 3. The molecule has 0 bridgehead atoms. The lowest BCUT2D eigenvalue weighted by Gasteiger charge is -2.07. The Kier molecular flexibility index (Phi) is 5.59. The van der Waals surface area contributed by atoms with Crippen molar-refractivity contribution in [2.24, 2.45) is 0 Å². The van der Waals surface area contributed by atoms with Gasteiger partial charge in [-0.2, -0.15) is 0 Å². The van der Waals surface area contributed by atoms with E-state index in [0.29, 0.717) is 5.82 Å². The van der Waals surface area contributed by atoms with Gasteiger partial charge >= 0.3 is 0 Å². The molecule has 4 nitrogen and oxygen atoms in total. The second-order valence-corrected chi connectivity index (χ2v) is 5.37. The summed E-state index contributed by atoms with van der Waals surface area (Å²) in [4.78, 5) is 15.8. The van der Waals surface area contributed by atoms with Crippen LogP contribution in [0.1, 0.15) is 5.56 Å². The van der Waals surface area contributed by atoms with Crippen molar-refractivity contribution in [3.05, 3.63) is 64.8 Å². The molecule has 1 aromatic carbocycles. The fourth-order valence-electron chi connectivity index (χ4n) is 1.49. The van der Waals surface area contributed by atoms with Gasteiger partial charge in [0.2, 0.25) is 5.91 Å². The van der Waals surface area contributed by atoms with Crippen molar-refractivity contribution in [3.8, 4) is 0 Å². The van der Waals surface area contributed by atoms with E-state index in [2.05, 4.69) is 31.5 Å². The Bertz CT molecular complexity index is 656. The maximum atomic E-state index is 11.7. The third-order valence-electron chi connectivity index (χ3n) is 2.43. The van der Waals surface area contributed by atoms with Gasteiger partial charge in [-0.25, -0.2) is 4.98 Å². The summed E-state index contributed by atoms with van der Waals surface area (Å²) in [7, 11) is 0. The van der Waals surface area contributed by atoms with Gasteiger partial charge in [-0.1, -0.05) is 30.3 Å². The number of rotatable bonds is 3. The van der Waals surface area contributed by atoms with Crippen LogP contribution in [-0.4, -0.2) is 16.0 Å². The maximum Gasteiger partial charge on any atom is 0.250 e. The molecule has 0 aliphatic carbocycles. The van der Waals surface area contributed by atoms with Crippen molar-refractivity contribution >= 4 is 51.1 Å². The van der Waals surface area contributed by atoms with E-state index in [1.54, 1.807) is 18.3 Å². The first-order valence-corrected chi connectivity index (χ1v) is 7.30. The van der Waals surface area contributed by atoms with Crippen LogP contribution in [0.2, 0.25) is 0 Å². The number of pyridine rings is 1.